The summed E-state index contributed by atoms with van der Waals surface area (Å²) >= 11 is 0. The zero-order chi connectivity index (χ0) is 23.4. The van der Waals surface area contributed by atoms with Crippen molar-refractivity contribution in [1.82, 2.24) is 25.3 Å². The first-order chi connectivity index (χ1) is 15.2. The fraction of sp³-hybridized carbons (Fsp3) is 0.391. The number of carbonyl (C=O) groups excluding carboxylic acids is 2. The third-order valence-electron chi connectivity index (χ3n) is 5.29. The van der Waals surface area contributed by atoms with Gasteiger partial charge < -0.3 is 21.3 Å². The van der Waals surface area contributed by atoms with Gasteiger partial charge in [0.05, 0.1) is 18.4 Å². The van der Waals surface area contributed by atoms with Crippen molar-refractivity contribution in [2.75, 3.05) is 20.1 Å². The minimum absolute atomic E-state index is 0.00308. The highest BCUT2D eigenvalue weighted by Gasteiger charge is 2.22. The van der Waals surface area contributed by atoms with Gasteiger partial charge in [0.2, 0.25) is 5.91 Å². The topological polar surface area (TPSA) is 118 Å². The van der Waals surface area contributed by atoms with Crippen LogP contribution in [0.15, 0.2) is 46.9 Å². The summed E-state index contributed by atoms with van der Waals surface area (Å²) in [7, 11) is 3.68. The van der Waals surface area contributed by atoms with E-state index in [0.717, 1.165) is 22.4 Å². The third kappa shape index (κ3) is 5.35. The van der Waals surface area contributed by atoms with E-state index in [1.165, 1.54) is 0 Å². The number of carbonyl (C=O) groups is 2. The minimum atomic E-state index is -0.184. The summed E-state index contributed by atoms with van der Waals surface area (Å²) in [6.45, 7) is 6.40. The molecule has 9 heteroatoms. The first-order valence-electron chi connectivity index (χ1n) is 10.6. The van der Waals surface area contributed by atoms with Crippen LogP contribution in [0.3, 0.4) is 0 Å². The number of aryl methyl sites for hydroxylation is 1. The molecule has 4 N–H and O–H groups in total. The van der Waals surface area contributed by atoms with Crippen LogP contribution in [0.1, 0.15) is 37.6 Å². The summed E-state index contributed by atoms with van der Waals surface area (Å²) in [6.07, 6.45) is 4.30. The van der Waals surface area contributed by atoms with Crippen LogP contribution in [-0.4, -0.2) is 58.5 Å². The normalized spacial score (nSPS) is 14.7. The Morgan fingerprint density at radius 2 is 1.97 bits per heavy atom. The first kappa shape index (κ1) is 23.1. The average Bonchev–Trinajstić information content (AvgIpc) is 3.18. The predicted molar refractivity (Wildman–Crippen MR) is 125 cm³/mol. The Morgan fingerprint density at radius 1 is 1.22 bits per heavy atom. The van der Waals surface area contributed by atoms with Crippen molar-refractivity contribution in [2.45, 2.75) is 33.2 Å². The van der Waals surface area contributed by atoms with Crippen LogP contribution in [0.25, 0.3) is 11.1 Å². The van der Waals surface area contributed by atoms with Crippen molar-refractivity contribution < 1.29 is 9.59 Å². The molecule has 0 saturated heterocycles. The van der Waals surface area contributed by atoms with Crippen molar-refractivity contribution in [2.24, 2.45) is 17.8 Å². The molecule has 1 aromatic carbocycles. The molecule has 1 aliphatic rings. The predicted octanol–water partition coefficient (Wildman–Crippen LogP) is 1.94. The summed E-state index contributed by atoms with van der Waals surface area (Å²) in [4.78, 5) is 31.0. The number of aliphatic imine (C=N–C) groups is 1. The SMILES string of the molecule is CNC1=C(C(N)=Nc2cc(C(=O)NC(C)C)cc(-c3cnn(C)c3)c2)CN(C(C)=O)CC1. The van der Waals surface area contributed by atoms with Gasteiger partial charge in [-0.2, -0.15) is 5.10 Å². The molecule has 0 unspecified atom stereocenters. The van der Waals surface area contributed by atoms with Crippen LogP contribution in [0.4, 0.5) is 5.69 Å². The Kier molecular flexibility index (Phi) is 6.97. The molecule has 32 heavy (non-hydrogen) atoms. The lowest BCUT2D eigenvalue weighted by atomic mass is 10.0. The molecule has 0 atom stereocenters. The highest BCUT2D eigenvalue weighted by Crippen LogP contribution is 2.27. The number of hydrogen-bond acceptors (Lipinski definition) is 5. The number of rotatable bonds is 6. The Morgan fingerprint density at radius 3 is 2.56 bits per heavy atom. The summed E-state index contributed by atoms with van der Waals surface area (Å²) in [5.74, 6) is 0.131. The molecule has 2 amide bonds. The quantitative estimate of drug-likeness (QED) is 0.472. The molecular formula is C23H31N7O2. The van der Waals surface area contributed by atoms with Gasteiger partial charge in [-0.15, -0.1) is 0 Å². The van der Waals surface area contributed by atoms with E-state index in [-0.39, 0.29) is 17.9 Å². The summed E-state index contributed by atoms with van der Waals surface area (Å²) < 4.78 is 1.70. The van der Waals surface area contributed by atoms with Crippen LogP contribution < -0.4 is 16.4 Å². The van der Waals surface area contributed by atoms with Crippen molar-refractivity contribution in [1.29, 1.82) is 0 Å². The second-order valence-electron chi connectivity index (χ2n) is 8.19. The minimum Gasteiger partial charge on any atom is -0.391 e. The fourth-order valence-electron chi connectivity index (χ4n) is 3.64. The van der Waals surface area contributed by atoms with Crippen LogP contribution in [0, 0.1) is 0 Å². The highest BCUT2D eigenvalue weighted by molar-refractivity contribution is 6.01. The van der Waals surface area contributed by atoms with Crippen molar-refractivity contribution in [3.05, 3.63) is 47.4 Å². The Bertz CT molecular complexity index is 1080. The number of nitrogens with one attached hydrogen (secondary N) is 2. The molecule has 0 aliphatic carbocycles. The number of hydrogen-bond donors (Lipinski definition) is 3. The van der Waals surface area contributed by atoms with Gasteiger partial charge in [0.25, 0.3) is 5.91 Å². The molecule has 0 fully saturated rings. The molecule has 0 saturated carbocycles. The number of nitrogens with two attached hydrogens (primary N) is 1. The maximum atomic E-state index is 12.7. The maximum absolute atomic E-state index is 12.7. The van der Waals surface area contributed by atoms with Crippen molar-refractivity contribution in [3.8, 4) is 11.1 Å². The van der Waals surface area contributed by atoms with Gasteiger partial charge in [-0.25, -0.2) is 4.99 Å². The van der Waals surface area contributed by atoms with Gasteiger partial charge in [0, 0.05) is 68.6 Å². The molecular weight excluding hydrogens is 406 g/mol. The average molecular weight is 438 g/mol. The van der Waals surface area contributed by atoms with E-state index in [1.54, 1.807) is 28.8 Å². The monoisotopic (exact) mass is 437 g/mol. The Balaban J connectivity index is 2.05. The van der Waals surface area contributed by atoms with Crippen molar-refractivity contribution >= 4 is 23.3 Å². The number of nitrogens with zero attached hydrogens (tertiary/aromatic N) is 4. The molecule has 1 aliphatic heterocycles. The molecule has 1 aromatic heterocycles. The molecule has 2 aromatic rings. The van der Waals surface area contributed by atoms with E-state index in [4.69, 9.17) is 5.73 Å². The highest BCUT2D eigenvalue weighted by atomic mass is 16.2. The second-order valence-corrected chi connectivity index (χ2v) is 8.19. The van der Waals surface area contributed by atoms with E-state index < -0.39 is 0 Å². The molecule has 170 valence electrons. The summed E-state index contributed by atoms with van der Waals surface area (Å²) in [5, 5.41) is 10.3. The Labute approximate surface area is 188 Å². The van der Waals surface area contributed by atoms with E-state index in [1.807, 2.05) is 46.3 Å². The molecule has 2 heterocycles. The lowest BCUT2D eigenvalue weighted by Crippen LogP contribution is -2.40. The summed E-state index contributed by atoms with van der Waals surface area (Å²) in [5.41, 5.74) is 10.9. The van der Waals surface area contributed by atoms with Crippen LogP contribution in [-0.2, 0) is 11.8 Å². The number of aromatic nitrogens is 2. The van der Waals surface area contributed by atoms with Crippen molar-refractivity contribution in [3.63, 3.8) is 0 Å². The lowest BCUT2D eigenvalue weighted by Gasteiger charge is -2.29. The van der Waals surface area contributed by atoms with E-state index in [9.17, 15) is 9.59 Å². The van der Waals surface area contributed by atoms with Gasteiger partial charge in [0.1, 0.15) is 5.84 Å². The van der Waals surface area contributed by atoms with Gasteiger partial charge in [-0.3, -0.25) is 14.3 Å². The number of benzene rings is 1. The maximum Gasteiger partial charge on any atom is 0.251 e. The number of amidine groups is 1. The molecule has 0 bridgehead atoms. The largest absolute Gasteiger partial charge is 0.391 e. The Hall–Kier alpha value is -3.62. The van der Waals surface area contributed by atoms with Gasteiger partial charge in [-0.05, 0) is 37.6 Å². The molecule has 9 nitrogen and oxygen atoms in total. The van der Waals surface area contributed by atoms with E-state index in [0.29, 0.717) is 36.6 Å². The van der Waals surface area contributed by atoms with Crippen LogP contribution in [0.2, 0.25) is 0 Å². The fourth-order valence-corrected chi connectivity index (χ4v) is 3.64. The van der Waals surface area contributed by atoms with Crippen LogP contribution in [0.5, 0.6) is 0 Å². The summed E-state index contributed by atoms with van der Waals surface area (Å²) in [6, 6.07) is 5.42. The molecule has 0 spiro atoms. The third-order valence-corrected chi connectivity index (χ3v) is 5.29. The zero-order valence-corrected chi connectivity index (χ0v) is 19.3. The lowest BCUT2D eigenvalue weighted by molar-refractivity contribution is -0.128. The van der Waals surface area contributed by atoms with Gasteiger partial charge in [0.15, 0.2) is 0 Å². The van der Waals surface area contributed by atoms with Crippen LogP contribution >= 0.6 is 0 Å². The van der Waals surface area contributed by atoms with E-state index in [2.05, 4.69) is 20.7 Å². The van der Waals surface area contributed by atoms with E-state index >= 15 is 0 Å². The van der Waals surface area contributed by atoms with Gasteiger partial charge >= 0.3 is 0 Å². The first-order valence-corrected chi connectivity index (χ1v) is 10.6. The van der Waals surface area contributed by atoms with Gasteiger partial charge in [-0.1, -0.05) is 0 Å². The smallest absolute Gasteiger partial charge is 0.251 e. The standard InChI is InChI=1S/C23H31N7O2/c1-14(2)27-23(32)17-8-16(18-11-26-29(5)12-18)9-19(10-17)28-22(24)20-13-30(15(3)31)7-6-21(20)25-4/h8-12,14,25H,6-7,13H2,1-5H3,(H2,24,28)(H,27,32). The molecule has 3 rings (SSSR count). The second kappa shape index (κ2) is 9.67. The zero-order valence-electron chi connectivity index (χ0n) is 19.3. The molecule has 0 radical (unpaired) electrons. The number of amides is 2.